The summed E-state index contributed by atoms with van der Waals surface area (Å²) in [7, 11) is 0. The van der Waals surface area contributed by atoms with E-state index in [2.05, 4.69) is 54.3 Å². The lowest BCUT2D eigenvalue weighted by molar-refractivity contribution is -0.117. The van der Waals surface area contributed by atoms with Gasteiger partial charge in [0.15, 0.2) is 10.8 Å². The molecule has 2 saturated heterocycles. The normalized spacial score (nSPS) is 20.0. The van der Waals surface area contributed by atoms with E-state index in [1.54, 1.807) is 11.8 Å². The topological polar surface area (TPSA) is 94.8 Å². The number of thiazole rings is 1. The van der Waals surface area contributed by atoms with Gasteiger partial charge in [-0.1, -0.05) is 18.3 Å². The predicted octanol–water partition coefficient (Wildman–Crippen LogP) is 3.80. The van der Waals surface area contributed by atoms with E-state index in [0.29, 0.717) is 23.6 Å². The molecule has 0 radical (unpaired) electrons. The second-order valence-electron chi connectivity index (χ2n) is 11.1. The third-order valence-corrected chi connectivity index (χ3v) is 10.2. The van der Waals surface area contributed by atoms with Crippen LogP contribution in [0.2, 0.25) is 0 Å². The molecule has 3 aliphatic rings. The number of nitrogens with one attached hydrogen (secondary N) is 1. The maximum atomic E-state index is 12.9. The first kappa shape index (κ1) is 26.3. The van der Waals surface area contributed by atoms with Crippen molar-refractivity contribution >= 4 is 50.0 Å². The Labute approximate surface area is 242 Å². The molecular formula is C28H35N9OS2. The maximum absolute atomic E-state index is 12.9. The molecule has 40 heavy (non-hydrogen) atoms. The van der Waals surface area contributed by atoms with Crippen LogP contribution in [0.3, 0.4) is 0 Å². The zero-order valence-corrected chi connectivity index (χ0v) is 24.5. The Bertz CT molecular complexity index is 1500. The van der Waals surface area contributed by atoms with Crippen molar-refractivity contribution in [3.63, 3.8) is 0 Å². The third kappa shape index (κ3) is 5.73. The van der Waals surface area contributed by atoms with E-state index in [4.69, 9.17) is 5.10 Å². The van der Waals surface area contributed by atoms with Crippen LogP contribution in [0, 0.1) is 0 Å². The number of amides is 1. The van der Waals surface area contributed by atoms with Crippen LogP contribution in [-0.4, -0.2) is 104 Å². The van der Waals surface area contributed by atoms with Gasteiger partial charge in [-0.25, -0.2) is 4.98 Å². The summed E-state index contributed by atoms with van der Waals surface area (Å²) < 4.78 is 2.88. The lowest BCUT2D eigenvalue weighted by Crippen LogP contribution is -2.53. The van der Waals surface area contributed by atoms with Crippen molar-refractivity contribution in [3.8, 4) is 0 Å². The van der Waals surface area contributed by atoms with Gasteiger partial charge in [0.25, 0.3) is 0 Å². The van der Waals surface area contributed by atoms with Crippen molar-refractivity contribution in [2.24, 2.45) is 0 Å². The smallest absolute Gasteiger partial charge is 0.240 e. The fourth-order valence-corrected chi connectivity index (χ4v) is 7.64. The van der Waals surface area contributed by atoms with Crippen LogP contribution < -0.4 is 5.32 Å². The van der Waals surface area contributed by atoms with E-state index in [0.717, 1.165) is 64.1 Å². The van der Waals surface area contributed by atoms with E-state index in [1.807, 2.05) is 22.7 Å². The molecule has 1 amide bonds. The minimum atomic E-state index is 0.0103. The van der Waals surface area contributed by atoms with Crippen LogP contribution in [-0.2, 0) is 4.79 Å². The monoisotopic (exact) mass is 577 g/mol. The number of piperidine rings is 1. The number of likely N-dealkylation sites (N-methyl/N-ethyl adjacent to an activating group) is 1. The molecule has 5 heterocycles. The molecule has 1 N–H and O–H groups in total. The molecule has 1 saturated carbocycles. The summed E-state index contributed by atoms with van der Waals surface area (Å²) in [4.78, 5) is 26.0. The first-order chi connectivity index (χ1) is 19.6. The molecule has 12 heteroatoms. The Kier molecular flexibility index (Phi) is 7.44. The highest BCUT2D eigenvalue weighted by Gasteiger charge is 2.28. The van der Waals surface area contributed by atoms with Crippen molar-refractivity contribution in [1.29, 1.82) is 0 Å². The SMILES string of the molecule is CCN1CCN(C2CCN(CC(=O)Nc3nc4ccc(Sc5nnc6ccc(C7CC7)nn56)cc4s3)CC2)CC1. The Hall–Kier alpha value is -2.64. The molecule has 0 unspecified atom stereocenters. The number of hydrogen-bond donors (Lipinski definition) is 1. The van der Waals surface area contributed by atoms with Crippen molar-refractivity contribution < 1.29 is 4.79 Å². The molecule has 3 fully saturated rings. The van der Waals surface area contributed by atoms with Crippen molar-refractivity contribution in [2.75, 3.05) is 57.7 Å². The second-order valence-corrected chi connectivity index (χ2v) is 13.1. The van der Waals surface area contributed by atoms with E-state index in [-0.39, 0.29) is 5.91 Å². The molecule has 1 aliphatic carbocycles. The molecule has 210 valence electrons. The number of aromatic nitrogens is 5. The highest BCUT2D eigenvalue weighted by atomic mass is 32.2. The van der Waals surface area contributed by atoms with Crippen LogP contribution in [0.15, 0.2) is 40.4 Å². The van der Waals surface area contributed by atoms with Gasteiger partial charge in [-0.05, 0) is 74.3 Å². The first-order valence-electron chi connectivity index (χ1n) is 14.4. The molecule has 0 bridgehead atoms. The van der Waals surface area contributed by atoms with Crippen molar-refractivity contribution in [3.05, 3.63) is 36.0 Å². The number of carbonyl (C=O) groups excluding carboxylic acids is 1. The van der Waals surface area contributed by atoms with Crippen LogP contribution in [0.1, 0.15) is 44.2 Å². The lowest BCUT2D eigenvalue weighted by Gasteiger charge is -2.42. The average Bonchev–Trinajstić information content (AvgIpc) is 3.65. The standard InChI is InChI=1S/C28H35N9OS2/c1-2-34-13-15-36(16-14-34)20-9-11-35(12-10-20)18-26(38)30-27-29-23-6-5-21(17-24(23)40-27)39-28-32-31-25-8-7-22(19-3-4-19)33-37(25)28/h5-8,17,19-20H,2-4,9-16,18H2,1H3,(H,29,30,38). The van der Waals surface area contributed by atoms with Gasteiger partial charge < -0.3 is 10.2 Å². The Morgan fingerprint density at radius 2 is 1.82 bits per heavy atom. The van der Waals surface area contributed by atoms with Gasteiger partial charge in [0, 0.05) is 56.1 Å². The quantitative estimate of drug-likeness (QED) is 0.336. The zero-order valence-electron chi connectivity index (χ0n) is 22.8. The largest absolute Gasteiger partial charge is 0.301 e. The van der Waals surface area contributed by atoms with Gasteiger partial charge in [-0.3, -0.25) is 14.6 Å². The van der Waals surface area contributed by atoms with Gasteiger partial charge >= 0.3 is 0 Å². The molecule has 10 nitrogen and oxygen atoms in total. The minimum Gasteiger partial charge on any atom is -0.301 e. The molecular weight excluding hydrogens is 543 g/mol. The number of anilines is 1. The van der Waals surface area contributed by atoms with Gasteiger partial charge in [0.2, 0.25) is 11.1 Å². The van der Waals surface area contributed by atoms with Gasteiger partial charge in [0.1, 0.15) is 0 Å². The summed E-state index contributed by atoms with van der Waals surface area (Å²) in [5, 5.41) is 17.9. The Morgan fingerprint density at radius 3 is 2.60 bits per heavy atom. The van der Waals surface area contributed by atoms with E-state index < -0.39 is 0 Å². The van der Waals surface area contributed by atoms with Crippen molar-refractivity contribution in [2.45, 2.75) is 54.6 Å². The summed E-state index contributed by atoms with van der Waals surface area (Å²) in [5.74, 6) is 0.585. The van der Waals surface area contributed by atoms with Crippen LogP contribution in [0.25, 0.3) is 15.9 Å². The lowest BCUT2D eigenvalue weighted by atomic mass is 10.0. The van der Waals surface area contributed by atoms with E-state index >= 15 is 0 Å². The van der Waals surface area contributed by atoms with Crippen LogP contribution in [0.5, 0.6) is 0 Å². The van der Waals surface area contributed by atoms with Crippen molar-refractivity contribution in [1.82, 2.24) is 39.5 Å². The zero-order chi connectivity index (χ0) is 27.1. The summed E-state index contributed by atoms with van der Waals surface area (Å²) >= 11 is 3.05. The highest BCUT2D eigenvalue weighted by Crippen LogP contribution is 2.39. The Balaban J connectivity index is 0.940. The molecule has 4 aromatic rings. The predicted molar refractivity (Wildman–Crippen MR) is 158 cm³/mol. The number of likely N-dealkylation sites (tertiary alicyclic amines) is 1. The summed E-state index contributed by atoms with van der Waals surface area (Å²) in [6, 6.07) is 10.9. The number of benzene rings is 1. The highest BCUT2D eigenvalue weighted by molar-refractivity contribution is 7.99. The number of rotatable bonds is 8. The fraction of sp³-hybridized carbons (Fsp3) is 0.536. The molecule has 0 spiro atoms. The first-order valence-corrected chi connectivity index (χ1v) is 16.0. The number of hydrogen-bond acceptors (Lipinski definition) is 10. The molecule has 0 atom stereocenters. The minimum absolute atomic E-state index is 0.0103. The van der Waals surface area contributed by atoms with Gasteiger partial charge in [-0.15, -0.1) is 10.2 Å². The summed E-state index contributed by atoms with van der Waals surface area (Å²) in [6.07, 6.45) is 4.69. The summed E-state index contributed by atoms with van der Waals surface area (Å²) in [6.45, 7) is 10.5. The third-order valence-electron chi connectivity index (χ3n) is 8.36. The molecule has 2 aliphatic heterocycles. The summed E-state index contributed by atoms with van der Waals surface area (Å²) in [5.41, 5.74) is 2.76. The second kappa shape index (κ2) is 11.3. The van der Waals surface area contributed by atoms with Gasteiger partial charge in [-0.2, -0.15) is 9.61 Å². The number of nitrogens with zero attached hydrogens (tertiary/aromatic N) is 8. The molecule has 1 aromatic carbocycles. The average molecular weight is 578 g/mol. The van der Waals surface area contributed by atoms with Crippen LogP contribution >= 0.6 is 23.1 Å². The van der Waals surface area contributed by atoms with E-state index in [9.17, 15) is 4.79 Å². The Morgan fingerprint density at radius 1 is 1.00 bits per heavy atom. The number of fused-ring (bicyclic) bond motifs is 2. The molecule has 7 rings (SSSR count). The maximum Gasteiger partial charge on any atom is 0.240 e. The fourth-order valence-electron chi connectivity index (χ4n) is 5.82. The van der Waals surface area contributed by atoms with E-state index in [1.165, 1.54) is 50.4 Å². The number of piperazine rings is 1. The number of carbonyl (C=O) groups is 1. The van der Waals surface area contributed by atoms with Gasteiger partial charge in [0.05, 0.1) is 22.5 Å². The molecule has 3 aromatic heterocycles. The van der Waals surface area contributed by atoms with Crippen LogP contribution in [0.4, 0.5) is 5.13 Å².